The minimum Gasteiger partial charge on any atom is -0.481 e. The van der Waals surface area contributed by atoms with E-state index in [-0.39, 0.29) is 18.8 Å². The fourth-order valence-electron chi connectivity index (χ4n) is 2.95. The predicted octanol–water partition coefficient (Wildman–Crippen LogP) is -2.62. The van der Waals surface area contributed by atoms with Crippen molar-refractivity contribution in [1.29, 1.82) is 0 Å². The highest BCUT2D eigenvalue weighted by Gasteiger charge is 2.32. The standard InChI is InChI=1S/C20H36N6O8/c1-10(2)7-12(18(31)26-14(20(33)34)8-15(23)27)25-19(32)13(9-16(28)29)24-17(30)11(22)5-3-4-6-21/h10-14H,3-9,21-22H2,1-2H3,(H2,23,27)(H,24,30)(H,25,32)(H,26,31)(H,28,29)(H,33,34). The number of primary amides is 1. The van der Waals surface area contributed by atoms with Gasteiger partial charge in [0, 0.05) is 0 Å². The van der Waals surface area contributed by atoms with Gasteiger partial charge in [-0.1, -0.05) is 20.3 Å². The molecule has 0 aromatic heterocycles. The second kappa shape index (κ2) is 15.6. The van der Waals surface area contributed by atoms with Crippen LogP contribution in [0.2, 0.25) is 0 Å². The Hall–Kier alpha value is -3.26. The molecular weight excluding hydrogens is 452 g/mol. The van der Waals surface area contributed by atoms with Crippen LogP contribution < -0.4 is 33.2 Å². The zero-order valence-electron chi connectivity index (χ0n) is 19.4. The molecule has 0 fully saturated rings. The zero-order valence-corrected chi connectivity index (χ0v) is 19.4. The lowest BCUT2D eigenvalue weighted by molar-refractivity contribution is -0.144. The molecule has 0 aromatic rings. The lowest BCUT2D eigenvalue weighted by atomic mass is 10.0. The molecule has 0 heterocycles. The van der Waals surface area contributed by atoms with Gasteiger partial charge in [0.05, 0.1) is 18.9 Å². The van der Waals surface area contributed by atoms with Gasteiger partial charge < -0.3 is 43.4 Å². The van der Waals surface area contributed by atoms with Crippen LogP contribution in [-0.4, -0.2) is 76.5 Å². The first-order chi connectivity index (χ1) is 15.8. The summed E-state index contributed by atoms with van der Waals surface area (Å²) < 4.78 is 0. The Kier molecular flexibility index (Phi) is 14.1. The van der Waals surface area contributed by atoms with Crippen LogP contribution in [0.5, 0.6) is 0 Å². The van der Waals surface area contributed by atoms with Gasteiger partial charge in [-0.25, -0.2) is 4.79 Å². The molecule has 0 bridgehead atoms. The highest BCUT2D eigenvalue weighted by Crippen LogP contribution is 2.08. The fraction of sp³-hybridized carbons (Fsp3) is 0.700. The molecule has 4 amide bonds. The maximum atomic E-state index is 12.8. The highest BCUT2D eigenvalue weighted by atomic mass is 16.4. The maximum absolute atomic E-state index is 12.8. The van der Waals surface area contributed by atoms with Crippen molar-refractivity contribution in [1.82, 2.24) is 16.0 Å². The van der Waals surface area contributed by atoms with Crippen molar-refractivity contribution < 1.29 is 39.0 Å². The van der Waals surface area contributed by atoms with E-state index in [1.165, 1.54) is 0 Å². The van der Waals surface area contributed by atoms with E-state index in [2.05, 4.69) is 16.0 Å². The third kappa shape index (κ3) is 12.7. The van der Waals surface area contributed by atoms with Crippen LogP contribution in [0.25, 0.3) is 0 Å². The SMILES string of the molecule is CC(C)CC(NC(=O)C(CC(=O)O)NC(=O)C(N)CCCCN)C(=O)NC(CC(N)=O)C(=O)O. The van der Waals surface area contributed by atoms with Gasteiger partial charge in [-0.3, -0.25) is 24.0 Å². The monoisotopic (exact) mass is 488 g/mol. The van der Waals surface area contributed by atoms with Crippen LogP contribution >= 0.6 is 0 Å². The number of rotatable bonds is 17. The quantitative estimate of drug-likeness (QED) is 0.0988. The van der Waals surface area contributed by atoms with Crippen LogP contribution in [-0.2, 0) is 28.8 Å². The Bertz CT molecular complexity index is 745. The molecule has 0 aromatic carbocycles. The minimum absolute atomic E-state index is 0.0623. The number of unbranched alkanes of at least 4 members (excludes halogenated alkanes) is 1. The van der Waals surface area contributed by atoms with E-state index >= 15 is 0 Å². The lowest BCUT2D eigenvalue weighted by Crippen LogP contribution is -2.58. The van der Waals surface area contributed by atoms with E-state index in [9.17, 15) is 33.9 Å². The molecular formula is C20H36N6O8. The van der Waals surface area contributed by atoms with Gasteiger partial charge in [0.15, 0.2) is 0 Å². The van der Waals surface area contributed by atoms with Crippen molar-refractivity contribution in [3.05, 3.63) is 0 Å². The van der Waals surface area contributed by atoms with E-state index in [1.807, 2.05) is 0 Å². The summed E-state index contributed by atoms with van der Waals surface area (Å²) in [5.41, 5.74) is 16.2. The average Bonchev–Trinajstić information content (AvgIpc) is 2.71. The third-order valence-electron chi connectivity index (χ3n) is 4.68. The number of hydrogen-bond acceptors (Lipinski definition) is 8. The molecule has 0 saturated heterocycles. The van der Waals surface area contributed by atoms with Crippen molar-refractivity contribution in [2.24, 2.45) is 23.1 Å². The molecule has 4 atom stereocenters. The van der Waals surface area contributed by atoms with Gasteiger partial charge in [0.25, 0.3) is 0 Å². The summed E-state index contributed by atoms with van der Waals surface area (Å²) in [5, 5.41) is 25.1. The molecule has 34 heavy (non-hydrogen) atoms. The smallest absolute Gasteiger partial charge is 0.326 e. The van der Waals surface area contributed by atoms with Crippen molar-refractivity contribution >= 4 is 35.6 Å². The van der Waals surface area contributed by atoms with Crippen LogP contribution in [0.1, 0.15) is 52.4 Å². The Morgan fingerprint density at radius 1 is 0.794 bits per heavy atom. The van der Waals surface area contributed by atoms with Gasteiger partial charge >= 0.3 is 11.9 Å². The number of nitrogens with one attached hydrogen (secondary N) is 3. The molecule has 0 aliphatic heterocycles. The van der Waals surface area contributed by atoms with E-state index in [0.29, 0.717) is 19.4 Å². The zero-order chi connectivity index (χ0) is 26.4. The van der Waals surface area contributed by atoms with Gasteiger partial charge in [0.1, 0.15) is 18.1 Å². The normalized spacial score (nSPS) is 14.4. The molecule has 0 rings (SSSR count). The number of nitrogens with two attached hydrogens (primary N) is 3. The van der Waals surface area contributed by atoms with Crippen LogP contribution in [0.4, 0.5) is 0 Å². The molecule has 0 aliphatic rings. The summed E-state index contributed by atoms with van der Waals surface area (Å²) in [7, 11) is 0. The van der Waals surface area contributed by atoms with Crippen LogP contribution in [0.3, 0.4) is 0 Å². The summed E-state index contributed by atoms with van der Waals surface area (Å²) in [6.07, 6.45) is 0.102. The van der Waals surface area contributed by atoms with E-state index < -0.39 is 72.6 Å². The van der Waals surface area contributed by atoms with Crippen molar-refractivity contribution in [2.45, 2.75) is 76.5 Å². The summed E-state index contributed by atoms with van der Waals surface area (Å²) >= 11 is 0. The van der Waals surface area contributed by atoms with E-state index in [1.54, 1.807) is 13.8 Å². The van der Waals surface area contributed by atoms with Gasteiger partial charge in [-0.05, 0) is 31.7 Å². The van der Waals surface area contributed by atoms with Gasteiger partial charge in [-0.15, -0.1) is 0 Å². The summed E-state index contributed by atoms with van der Waals surface area (Å²) in [4.78, 5) is 71.4. The number of aliphatic carboxylic acids is 2. The predicted molar refractivity (Wildman–Crippen MR) is 120 cm³/mol. The Balaban J connectivity index is 5.46. The second-order valence-electron chi connectivity index (χ2n) is 8.31. The number of hydrogen-bond donors (Lipinski definition) is 8. The largest absolute Gasteiger partial charge is 0.481 e. The molecule has 14 nitrogen and oxygen atoms in total. The molecule has 194 valence electrons. The average molecular weight is 489 g/mol. The Labute approximate surface area is 197 Å². The second-order valence-corrected chi connectivity index (χ2v) is 8.31. The molecule has 11 N–H and O–H groups in total. The molecule has 14 heteroatoms. The fourth-order valence-corrected chi connectivity index (χ4v) is 2.95. The number of carboxylic acids is 2. The molecule has 0 spiro atoms. The first kappa shape index (κ1) is 30.7. The molecule has 0 radical (unpaired) electrons. The highest BCUT2D eigenvalue weighted by molar-refractivity contribution is 5.96. The summed E-state index contributed by atoms with van der Waals surface area (Å²) in [6, 6.07) is -5.41. The van der Waals surface area contributed by atoms with Crippen LogP contribution in [0.15, 0.2) is 0 Å². The number of amides is 4. The number of carboxylic acid groups (broad SMARTS) is 2. The molecule has 4 unspecified atom stereocenters. The first-order valence-electron chi connectivity index (χ1n) is 10.9. The van der Waals surface area contributed by atoms with Gasteiger partial charge in [0.2, 0.25) is 23.6 Å². The van der Waals surface area contributed by atoms with E-state index in [4.69, 9.17) is 22.3 Å². The molecule has 0 aliphatic carbocycles. The topological polar surface area (TPSA) is 257 Å². The van der Waals surface area contributed by atoms with E-state index in [0.717, 1.165) is 0 Å². The number of carbonyl (C=O) groups excluding carboxylic acids is 4. The maximum Gasteiger partial charge on any atom is 0.326 e. The summed E-state index contributed by atoms with van der Waals surface area (Å²) in [5.74, 6) is -6.59. The lowest BCUT2D eigenvalue weighted by Gasteiger charge is -2.25. The van der Waals surface area contributed by atoms with Crippen molar-refractivity contribution in [3.8, 4) is 0 Å². The molecule has 0 saturated carbocycles. The van der Waals surface area contributed by atoms with Gasteiger partial charge in [-0.2, -0.15) is 0 Å². The van der Waals surface area contributed by atoms with Crippen molar-refractivity contribution in [2.75, 3.05) is 6.54 Å². The first-order valence-corrected chi connectivity index (χ1v) is 10.9. The minimum atomic E-state index is -1.61. The van der Waals surface area contributed by atoms with Crippen molar-refractivity contribution in [3.63, 3.8) is 0 Å². The Morgan fingerprint density at radius 3 is 1.79 bits per heavy atom. The number of carbonyl (C=O) groups is 6. The van der Waals surface area contributed by atoms with Crippen LogP contribution in [0, 0.1) is 5.92 Å². The third-order valence-corrected chi connectivity index (χ3v) is 4.68. The Morgan fingerprint density at radius 2 is 1.32 bits per heavy atom. The summed E-state index contributed by atoms with van der Waals surface area (Å²) in [6.45, 7) is 3.89.